The lowest BCUT2D eigenvalue weighted by Gasteiger charge is -2.31. The molecule has 3 rings (SSSR count). The van der Waals surface area contributed by atoms with Gasteiger partial charge >= 0.3 is 5.69 Å². The normalized spacial score (nSPS) is 17.2. The molecule has 130 valence electrons. The van der Waals surface area contributed by atoms with Crippen LogP contribution in [0.25, 0.3) is 0 Å². The molecule has 10 heteroatoms. The van der Waals surface area contributed by atoms with Crippen LogP contribution >= 0.6 is 0 Å². The van der Waals surface area contributed by atoms with E-state index in [0.717, 1.165) is 12.8 Å². The maximum atomic E-state index is 11.4. The van der Waals surface area contributed by atoms with Gasteiger partial charge in [-0.1, -0.05) is 0 Å². The Morgan fingerprint density at radius 3 is 2.96 bits per heavy atom. The van der Waals surface area contributed by atoms with Gasteiger partial charge in [0.05, 0.1) is 10.8 Å². The van der Waals surface area contributed by atoms with E-state index in [9.17, 15) is 10.1 Å². The Bertz CT molecular complexity index is 827. The number of nitriles is 1. The van der Waals surface area contributed by atoms with E-state index in [4.69, 9.17) is 9.78 Å². The van der Waals surface area contributed by atoms with Crippen molar-refractivity contribution in [3.05, 3.63) is 33.8 Å². The predicted octanol–water partition coefficient (Wildman–Crippen LogP) is 1.69. The molecule has 1 aliphatic rings. The molecule has 1 unspecified atom stereocenters. The minimum absolute atomic E-state index is 0.00445. The van der Waals surface area contributed by atoms with E-state index < -0.39 is 4.92 Å². The molecule has 1 saturated heterocycles. The minimum atomic E-state index is -0.554. The zero-order chi connectivity index (χ0) is 18.0. The van der Waals surface area contributed by atoms with Gasteiger partial charge in [0, 0.05) is 33.4 Å². The van der Waals surface area contributed by atoms with E-state index in [1.54, 1.807) is 4.90 Å². The molecule has 3 heterocycles. The number of piperidine rings is 1. The smallest absolute Gasteiger partial charge is 0.329 e. The number of aromatic nitrogens is 3. The Balaban J connectivity index is 1.89. The van der Waals surface area contributed by atoms with E-state index in [2.05, 4.69) is 15.1 Å². The van der Waals surface area contributed by atoms with Crippen molar-refractivity contribution in [3.63, 3.8) is 0 Å². The minimum Gasteiger partial charge on any atom is -0.350 e. The summed E-state index contributed by atoms with van der Waals surface area (Å²) >= 11 is 0. The van der Waals surface area contributed by atoms with Crippen molar-refractivity contribution in [2.45, 2.75) is 18.8 Å². The zero-order valence-electron chi connectivity index (χ0n) is 13.9. The van der Waals surface area contributed by atoms with Crippen LogP contribution in [0, 0.1) is 21.4 Å². The van der Waals surface area contributed by atoms with Crippen LogP contribution in [0.2, 0.25) is 0 Å². The highest BCUT2D eigenvalue weighted by atomic mass is 16.6. The Morgan fingerprint density at radius 2 is 2.32 bits per heavy atom. The van der Waals surface area contributed by atoms with Gasteiger partial charge in [0.1, 0.15) is 11.6 Å². The number of rotatable bonds is 4. The lowest BCUT2D eigenvalue weighted by atomic mass is 9.97. The van der Waals surface area contributed by atoms with Gasteiger partial charge in [-0.3, -0.25) is 10.1 Å². The molecule has 0 bridgehead atoms. The average molecular weight is 343 g/mol. The second-order valence-corrected chi connectivity index (χ2v) is 6.01. The molecule has 0 radical (unpaired) electrons. The number of anilines is 2. The molecule has 0 amide bonds. The molecule has 0 saturated carbocycles. The first kappa shape index (κ1) is 16.6. The number of hydrogen-bond donors (Lipinski definition) is 0. The van der Waals surface area contributed by atoms with Crippen molar-refractivity contribution in [1.29, 1.82) is 5.26 Å². The fraction of sp³-hybridized carbons (Fsp3) is 0.467. The van der Waals surface area contributed by atoms with Crippen LogP contribution in [0.5, 0.6) is 0 Å². The van der Waals surface area contributed by atoms with Crippen LogP contribution in [-0.2, 0) is 0 Å². The van der Waals surface area contributed by atoms with Gasteiger partial charge in [-0.25, -0.2) is 4.98 Å². The molecule has 2 aromatic heterocycles. The van der Waals surface area contributed by atoms with Gasteiger partial charge in [-0.2, -0.15) is 10.2 Å². The summed E-state index contributed by atoms with van der Waals surface area (Å²) in [7, 11) is 3.64. The number of hydrogen-bond acceptors (Lipinski definition) is 9. The van der Waals surface area contributed by atoms with Gasteiger partial charge in [-0.15, -0.1) is 0 Å². The quantitative estimate of drug-likeness (QED) is 0.602. The van der Waals surface area contributed by atoms with Gasteiger partial charge in [0.15, 0.2) is 0 Å². The maximum Gasteiger partial charge on any atom is 0.329 e. The standard InChI is InChI=1S/C15H17N7O3/c1-20(2)15-18-14(25-19-15)11-4-3-7-21(9-11)13-12(22(23)24)10(8-16)5-6-17-13/h5-6,11H,3-4,7,9H2,1-2H3. The third-order valence-corrected chi connectivity index (χ3v) is 4.11. The molecule has 0 aliphatic carbocycles. The summed E-state index contributed by atoms with van der Waals surface area (Å²) in [5, 5.41) is 24.5. The van der Waals surface area contributed by atoms with Crippen molar-refractivity contribution < 1.29 is 9.45 Å². The van der Waals surface area contributed by atoms with Crippen LogP contribution in [0.4, 0.5) is 17.5 Å². The van der Waals surface area contributed by atoms with Crippen LogP contribution in [0.15, 0.2) is 16.8 Å². The van der Waals surface area contributed by atoms with Crippen LogP contribution in [0.3, 0.4) is 0 Å². The third kappa shape index (κ3) is 3.21. The second-order valence-electron chi connectivity index (χ2n) is 6.01. The fourth-order valence-electron chi connectivity index (χ4n) is 2.89. The molecule has 1 fully saturated rings. The first-order chi connectivity index (χ1) is 12.0. The van der Waals surface area contributed by atoms with Gasteiger partial charge in [0.25, 0.3) is 5.95 Å². The maximum absolute atomic E-state index is 11.4. The Labute approximate surface area is 143 Å². The molecule has 10 nitrogen and oxygen atoms in total. The first-order valence-corrected chi connectivity index (χ1v) is 7.80. The first-order valence-electron chi connectivity index (χ1n) is 7.80. The predicted molar refractivity (Wildman–Crippen MR) is 88.4 cm³/mol. The lowest BCUT2D eigenvalue weighted by Crippen LogP contribution is -2.35. The van der Waals surface area contributed by atoms with Crippen LogP contribution in [0.1, 0.15) is 30.2 Å². The molecule has 1 atom stereocenters. The van der Waals surface area contributed by atoms with Crippen molar-refractivity contribution in [2.75, 3.05) is 37.0 Å². The summed E-state index contributed by atoms with van der Waals surface area (Å²) in [5.74, 6) is 1.17. The largest absolute Gasteiger partial charge is 0.350 e. The number of nitro groups is 1. The molecule has 25 heavy (non-hydrogen) atoms. The molecule has 2 aromatic rings. The van der Waals surface area contributed by atoms with E-state index in [1.165, 1.54) is 12.3 Å². The summed E-state index contributed by atoms with van der Waals surface area (Å²) in [6.07, 6.45) is 3.07. The highest BCUT2D eigenvalue weighted by molar-refractivity contribution is 5.65. The van der Waals surface area contributed by atoms with Crippen LogP contribution in [-0.4, -0.2) is 47.2 Å². The highest BCUT2D eigenvalue weighted by Gasteiger charge is 2.32. The highest BCUT2D eigenvalue weighted by Crippen LogP contribution is 2.34. The van der Waals surface area contributed by atoms with E-state index >= 15 is 0 Å². The fourth-order valence-corrected chi connectivity index (χ4v) is 2.89. The molecular formula is C15H17N7O3. The Hall–Kier alpha value is -3.22. The van der Waals surface area contributed by atoms with Crippen molar-refractivity contribution in [2.24, 2.45) is 0 Å². The van der Waals surface area contributed by atoms with E-state index in [-0.39, 0.29) is 23.0 Å². The Morgan fingerprint density at radius 1 is 1.52 bits per heavy atom. The summed E-state index contributed by atoms with van der Waals surface area (Å²) in [6, 6.07) is 3.21. The van der Waals surface area contributed by atoms with Gasteiger partial charge in [-0.05, 0) is 24.1 Å². The topological polar surface area (TPSA) is 125 Å². The molecule has 0 aromatic carbocycles. The second kappa shape index (κ2) is 6.72. The Kier molecular flexibility index (Phi) is 4.47. The molecule has 0 spiro atoms. The zero-order valence-corrected chi connectivity index (χ0v) is 13.9. The van der Waals surface area contributed by atoms with Crippen LogP contribution < -0.4 is 9.80 Å². The van der Waals surface area contributed by atoms with Crippen molar-refractivity contribution in [1.82, 2.24) is 15.1 Å². The lowest BCUT2D eigenvalue weighted by molar-refractivity contribution is -0.384. The van der Waals surface area contributed by atoms with Crippen molar-refractivity contribution in [3.8, 4) is 6.07 Å². The summed E-state index contributed by atoms with van der Waals surface area (Å²) in [6.45, 7) is 1.09. The van der Waals surface area contributed by atoms with E-state index in [1.807, 2.05) is 25.1 Å². The summed E-state index contributed by atoms with van der Waals surface area (Å²) in [4.78, 5) is 22.9. The monoisotopic (exact) mass is 343 g/mol. The number of nitrogens with zero attached hydrogens (tertiary/aromatic N) is 7. The summed E-state index contributed by atoms with van der Waals surface area (Å²) in [5.41, 5.74) is -0.255. The third-order valence-electron chi connectivity index (χ3n) is 4.11. The molecular weight excluding hydrogens is 326 g/mol. The van der Waals surface area contributed by atoms with Gasteiger partial charge in [0.2, 0.25) is 11.7 Å². The van der Waals surface area contributed by atoms with E-state index in [0.29, 0.717) is 24.9 Å². The SMILES string of the molecule is CN(C)c1noc(C2CCCN(c3nccc(C#N)c3[N+](=O)[O-])C2)n1. The summed E-state index contributed by atoms with van der Waals surface area (Å²) < 4.78 is 5.34. The molecule has 0 N–H and O–H groups in total. The van der Waals surface area contributed by atoms with Gasteiger partial charge < -0.3 is 14.3 Å². The molecule has 1 aliphatic heterocycles. The number of pyridine rings is 1. The average Bonchev–Trinajstić information content (AvgIpc) is 3.11. The van der Waals surface area contributed by atoms with Crippen molar-refractivity contribution >= 4 is 17.5 Å².